The lowest BCUT2D eigenvalue weighted by Gasteiger charge is -2.04. The number of aryl methyl sites for hydroxylation is 1. The van der Waals surface area contributed by atoms with Gasteiger partial charge in [0.2, 0.25) is 5.82 Å². The van der Waals surface area contributed by atoms with Gasteiger partial charge in [0.25, 0.3) is 11.7 Å². The molecule has 0 fully saturated rings. The Labute approximate surface area is 162 Å². The summed E-state index contributed by atoms with van der Waals surface area (Å²) in [5.41, 5.74) is 2.35. The predicted octanol–water partition coefficient (Wildman–Crippen LogP) is 3.47. The molecule has 3 heterocycles. The van der Waals surface area contributed by atoms with Crippen LogP contribution in [0.5, 0.6) is 5.75 Å². The van der Waals surface area contributed by atoms with E-state index in [0.29, 0.717) is 27.4 Å². The second kappa shape index (κ2) is 6.93. The van der Waals surface area contributed by atoms with Gasteiger partial charge in [-0.1, -0.05) is 11.6 Å². The first-order chi connectivity index (χ1) is 13.0. The number of carbonyl (C=O) groups is 1. The molecule has 10 heteroatoms. The molecule has 27 heavy (non-hydrogen) atoms. The average Bonchev–Trinajstić information content (AvgIpc) is 3.29. The summed E-state index contributed by atoms with van der Waals surface area (Å²) in [7, 11) is 1.56. The van der Waals surface area contributed by atoms with Crippen LogP contribution in [0.15, 0.2) is 35.8 Å². The fourth-order valence-electron chi connectivity index (χ4n) is 2.45. The fraction of sp³-hybridized carbons (Fsp3) is 0.118. The molecule has 1 aromatic carbocycles. The molecular weight excluding hydrogens is 388 g/mol. The van der Waals surface area contributed by atoms with Gasteiger partial charge in [-0.05, 0) is 31.2 Å². The average molecular weight is 401 g/mol. The number of fused-ring (bicyclic) bond motifs is 1. The molecule has 0 saturated heterocycles. The summed E-state index contributed by atoms with van der Waals surface area (Å²) in [4.78, 5) is 25.1. The molecule has 0 unspecified atom stereocenters. The van der Waals surface area contributed by atoms with Gasteiger partial charge >= 0.3 is 0 Å². The van der Waals surface area contributed by atoms with Crippen molar-refractivity contribution >= 4 is 39.8 Å². The highest BCUT2D eigenvalue weighted by atomic mass is 35.5. The third-order valence-corrected chi connectivity index (χ3v) is 4.86. The number of anilines is 1. The van der Waals surface area contributed by atoms with Crippen LogP contribution in [0.2, 0.25) is 5.02 Å². The van der Waals surface area contributed by atoms with E-state index in [-0.39, 0.29) is 5.82 Å². The van der Waals surface area contributed by atoms with Crippen molar-refractivity contribution in [2.45, 2.75) is 6.92 Å². The molecular formula is C17H13ClN6O2S. The lowest BCUT2D eigenvalue weighted by Crippen LogP contribution is -2.13. The van der Waals surface area contributed by atoms with Crippen molar-refractivity contribution in [1.29, 1.82) is 0 Å². The first-order valence-corrected chi connectivity index (χ1v) is 9.10. The van der Waals surface area contributed by atoms with Gasteiger partial charge in [0, 0.05) is 22.8 Å². The minimum Gasteiger partial charge on any atom is -0.495 e. The van der Waals surface area contributed by atoms with Crippen LogP contribution in [0.3, 0.4) is 0 Å². The van der Waals surface area contributed by atoms with E-state index < -0.39 is 5.91 Å². The number of nitrogens with one attached hydrogen (secondary N) is 1. The summed E-state index contributed by atoms with van der Waals surface area (Å²) in [6, 6.07) is 7.17. The zero-order valence-corrected chi connectivity index (χ0v) is 15.9. The molecule has 1 amide bonds. The van der Waals surface area contributed by atoms with E-state index >= 15 is 0 Å². The van der Waals surface area contributed by atoms with Crippen LogP contribution in [0.4, 0.5) is 5.13 Å². The van der Waals surface area contributed by atoms with Gasteiger partial charge < -0.3 is 4.74 Å². The van der Waals surface area contributed by atoms with Gasteiger partial charge in [-0.3, -0.25) is 10.1 Å². The van der Waals surface area contributed by atoms with Gasteiger partial charge in [-0.25, -0.2) is 14.5 Å². The minimum atomic E-state index is -0.450. The number of aromatic nitrogens is 5. The van der Waals surface area contributed by atoms with Crippen LogP contribution in [0.1, 0.15) is 16.3 Å². The van der Waals surface area contributed by atoms with Gasteiger partial charge in [0.1, 0.15) is 5.75 Å². The maximum atomic E-state index is 12.4. The van der Waals surface area contributed by atoms with E-state index in [9.17, 15) is 4.79 Å². The number of nitrogens with zero attached hydrogens (tertiary/aromatic N) is 5. The smallest absolute Gasteiger partial charge is 0.297 e. The summed E-state index contributed by atoms with van der Waals surface area (Å²) in [5.74, 6) is 0.536. The molecule has 0 radical (unpaired) electrons. The molecule has 136 valence electrons. The van der Waals surface area contributed by atoms with Gasteiger partial charge in [-0.15, -0.1) is 16.4 Å². The Morgan fingerprint density at radius 2 is 2.15 bits per heavy atom. The quantitative estimate of drug-likeness (QED) is 0.563. The Morgan fingerprint density at radius 3 is 2.89 bits per heavy atom. The first-order valence-electron chi connectivity index (χ1n) is 7.84. The summed E-state index contributed by atoms with van der Waals surface area (Å²) in [5, 5.41) is 9.65. The van der Waals surface area contributed by atoms with Gasteiger partial charge in [-0.2, -0.15) is 4.98 Å². The molecule has 0 aliphatic heterocycles. The summed E-state index contributed by atoms with van der Waals surface area (Å²) in [6.07, 6.45) is 1.62. The summed E-state index contributed by atoms with van der Waals surface area (Å²) >= 11 is 7.46. The molecule has 0 bridgehead atoms. The van der Waals surface area contributed by atoms with Crippen molar-refractivity contribution in [2.24, 2.45) is 0 Å². The third kappa shape index (κ3) is 3.34. The first kappa shape index (κ1) is 17.4. The lowest BCUT2D eigenvalue weighted by atomic mass is 10.2. The largest absolute Gasteiger partial charge is 0.495 e. The van der Waals surface area contributed by atoms with E-state index in [1.54, 1.807) is 31.5 Å². The van der Waals surface area contributed by atoms with E-state index in [2.05, 4.69) is 25.4 Å². The molecule has 0 aliphatic rings. The van der Waals surface area contributed by atoms with E-state index in [0.717, 1.165) is 11.3 Å². The second-order valence-electron chi connectivity index (χ2n) is 5.57. The molecule has 0 saturated carbocycles. The number of rotatable bonds is 4. The molecule has 4 rings (SSSR count). The van der Waals surface area contributed by atoms with Crippen molar-refractivity contribution in [3.63, 3.8) is 0 Å². The van der Waals surface area contributed by atoms with Crippen molar-refractivity contribution in [1.82, 2.24) is 24.6 Å². The highest BCUT2D eigenvalue weighted by Crippen LogP contribution is 2.31. The maximum absolute atomic E-state index is 12.4. The molecule has 0 aliphatic carbocycles. The zero-order valence-electron chi connectivity index (χ0n) is 14.3. The number of thiazole rings is 1. The van der Waals surface area contributed by atoms with E-state index in [1.807, 2.05) is 18.4 Å². The van der Waals surface area contributed by atoms with Gasteiger partial charge in [0.15, 0.2) is 5.13 Å². The SMILES string of the molecule is COc1ccc(-c2csc(NC(=O)c3nc4nccc(C)n4n3)n2)cc1Cl. The normalized spacial score (nSPS) is 10.9. The van der Waals surface area contributed by atoms with Crippen LogP contribution < -0.4 is 10.1 Å². The number of benzene rings is 1. The number of ether oxygens (including phenoxy) is 1. The van der Waals surface area contributed by atoms with Crippen LogP contribution in [0.25, 0.3) is 17.0 Å². The number of hydrogen-bond donors (Lipinski definition) is 1. The number of hydrogen-bond acceptors (Lipinski definition) is 7. The lowest BCUT2D eigenvalue weighted by molar-refractivity contribution is 0.101. The highest BCUT2D eigenvalue weighted by molar-refractivity contribution is 7.14. The van der Waals surface area contributed by atoms with Crippen LogP contribution in [-0.4, -0.2) is 37.6 Å². The standard InChI is InChI=1S/C17H13ClN6O2S/c1-9-5-6-19-16-21-14(23-24(9)16)15(25)22-17-20-12(8-27-17)10-3-4-13(26-2)11(18)7-10/h3-8H,1-2H3,(H,20,22,25). The van der Waals surface area contributed by atoms with Crippen molar-refractivity contribution in [3.8, 4) is 17.0 Å². The predicted molar refractivity (Wildman–Crippen MR) is 103 cm³/mol. The summed E-state index contributed by atoms with van der Waals surface area (Å²) < 4.78 is 6.66. The van der Waals surface area contributed by atoms with E-state index in [4.69, 9.17) is 16.3 Å². The Bertz CT molecular complexity index is 1160. The number of methoxy groups -OCH3 is 1. The molecule has 4 aromatic rings. The third-order valence-electron chi connectivity index (χ3n) is 3.81. The van der Waals surface area contributed by atoms with E-state index in [1.165, 1.54) is 15.9 Å². The minimum absolute atomic E-state index is 0.0287. The Morgan fingerprint density at radius 1 is 1.30 bits per heavy atom. The topological polar surface area (TPSA) is 94.3 Å². The Kier molecular flexibility index (Phi) is 4.46. The molecule has 8 nitrogen and oxygen atoms in total. The van der Waals surface area contributed by atoms with Crippen molar-refractivity contribution < 1.29 is 9.53 Å². The maximum Gasteiger partial charge on any atom is 0.297 e. The molecule has 1 N–H and O–H groups in total. The summed E-state index contributed by atoms with van der Waals surface area (Å²) in [6.45, 7) is 1.86. The number of amides is 1. The second-order valence-corrected chi connectivity index (χ2v) is 6.84. The van der Waals surface area contributed by atoms with Crippen LogP contribution >= 0.6 is 22.9 Å². The van der Waals surface area contributed by atoms with Crippen LogP contribution in [-0.2, 0) is 0 Å². The molecule has 0 spiro atoms. The van der Waals surface area contributed by atoms with Gasteiger partial charge in [0.05, 0.1) is 17.8 Å². The molecule has 3 aromatic heterocycles. The highest BCUT2D eigenvalue weighted by Gasteiger charge is 2.16. The monoisotopic (exact) mass is 400 g/mol. The van der Waals surface area contributed by atoms with Crippen molar-refractivity contribution in [2.75, 3.05) is 12.4 Å². The van der Waals surface area contributed by atoms with Crippen LogP contribution in [0, 0.1) is 6.92 Å². The fourth-order valence-corrected chi connectivity index (χ4v) is 3.42. The Hall–Kier alpha value is -3.04. The zero-order chi connectivity index (χ0) is 19.0. The Balaban J connectivity index is 1.55. The van der Waals surface area contributed by atoms with Crippen molar-refractivity contribution in [3.05, 3.63) is 52.4 Å². The molecule has 0 atom stereocenters. The number of halogens is 1. The number of carbonyl (C=O) groups excluding carboxylic acids is 1.